The van der Waals surface area contributed by atoms with Crippen molar-refractivity contribution in [1.82, 2.24) is 9.13 Å². The number of aliphatic hydroxyl groups is 1. The molecule has 0 spiro atoms. The van der Waals surface area contributed by atoms with Crippen LogP contribution in [0.1, 0.15) is 23.6 Å². The van der Waals surface area contributed by atoms with Crippen LogP contribution < -0.4 is 10.4 Å². The van der Waals surface area contributed by atoms with Gasteiger partial charge in [0.25, 0.3) is 0 Å². The van der Waals surface area contributed by atoms with E-state index in [1.807, 2.05) is 6.92 Å². The van der Waals surface area contributed by atoms with Gasteiger partial charge in [-0.1, -0.05) is 24.3 Å². The lowest BCUT2D eigenvalue weighted by Crippen LogP contribution is -2.26. The fraction of sp³-hybridized carbons (Fsp3) is 0.240. The van der Waals surface area contributed by atoms with Gasteiger partial charge >= 0.3 is 12.5 Å². The molecule has 0 saturated heterocycles. The van der Waals surface area contributed by atoms with Crippen LogP contribution in [0.5, 0.6) is 5.75 Å². The third-order valence-corrected chi connectivity index (χ3v) is 5.53. The minimum Gasteiger partial charge on any atom is -0.406 e. The van der Waals surface area contributed by atoms with Crippen molar-refractivity contribution in [2.75, 3.05) is 0 Å². The van der Waals surface area contributed by atoms with Gasteiger partial charge in [-0.05, 0) is 60.5 Å². The number of alkyl halides is 6. The number of fused-ring (bicyclic) bond motifs is 1. The molecule has 0 atom stereocenters. The topological polar surface area (TPSA) is 51.7 Å². The number of imidazole rings is 1. The minimum atomic E-state index is -4.84. The standard InChI is InChI=1S/C25H21F6N3O2/c1-2-33-21-12-7-18(24(26,27)28)13-22(21)34(14-16-3-5-17(15-35)6-4-16)23(33)32-19-8-10-20(11-9-19)36-25(29,30)31/h3-13,35H,2,14-15H2,1H3. The summed E-state index contributed by atoms with van der Waals surface area (Å²) in [5.74, 6) is -0.413. The van der Waals surface area contributed by atoms with Gasteiger partial charge < -0.3 is 19.0 Å². The van der Waals surface area contributed by atoms with Crippen molar-refractivity contribution in [3.8, 4) is 5.75 Å². The summed E-state index contributed by atoms with van der Waals surface area (Å²) in [7, 11) is 0. The number of hydrogen-bond acceptors (Lipinski definition) is 3. The van der Waals surface area contributed by atoms with Crippen LogP contribution >= 0.6 is 0 Å². The summed E-state index contributed by atoms with van der Waals surface area (Å²) in [4.78, 5) is 4.58. The summed E-state index contributed by atoms with van der Waals surface area (Å²) >= 11 is 0. The van der Waals surface area contributed by atoms with Crippen LogP contribution in [0.2, 0.25) is 0 Å². The molecule has 0 saturated carbocycles. The predicted octanol–water partition coefficient (Wildman–Crippen LogP) is 6.15. The van der Waals surface area contributed by atoms with Crippen molar-refractivity contribution in [1.29, 1.82) is 0 Å². The molecule has 5 nitrogen and oxygen atoms in total. The summed E-state index contributed by atoms with van der Waals surface area (Å²) in [6.07, 6.45) is -9.38. The molecule has 0 amide bonds. The van der Waals surface area contributed by atoms with Crippen LogP contribution in [0.25, 0.3) is 11.0 Å². The number of aromatic nitrogens is 2. The normalized spacial score (nSPS) is 12.9. The number of benzene rings is 3. The lowest BCUT2D eigenvalue weighted by molar-refractivity contribution is -0.274. The molecule has 0 fully saturated rings. The molecule has 4 rings (SSSR count). The fourth-order valence-corrected chi connectivity index (χ4v) is 3.86. The van der Waals surface area contributed by atoms with Crippen molar-refractivity contribution in [3.05, 3.63) is 89.0 Å². The first-order valence-corrected chi connectivity index (χ1v) is 10.9. The average molecular weight is 509 g/mol. The largest absolute Gasteiger partial charge is 0.573 e. The lowest BCUT2D eigenvalue weighted by Gasteiger charge is -2.10. The third-order valence-electron chi connectivity index (χ3n) is 5.53. The molecule has 0 aliphatic heterocycles. The van der Waals surface area contributed by atoms with E-state index < -0.39 is 23.9 Å². The molecule has 11 heteroatoms. The predicted molar refractivity (Wildman–Crippen MR) is 120 cm³/mol. The zero-order chi connectivity index (χ0) is 26.1. The first kappa shape index (κ1) is 25.4. The second kappa shape index (κ2) is 9.73. The molecule has 0 radical (unpaired) electrons. The van der Waals surface area contributed by atoms with E-state index in [9.17, 15) is 31.4 Å². The second-order valence-corrected chi connectivity index (χ2v) is 7.96. The summed E-state index contributed by atoms with van der Waals surface area (Å²) in [6.45, 7) is 2.22. The minimum absolute atomic E-state index is 0.147. The molecule has 190 valence electrons. The van der Waals surface area contributed by atoms with E-state index in [4.69, 9.17) is 0 Å². The van der Waals surface area contributed by atoms with Crippen molar-refractivity contribution in [2.24, 2.45) is 4.99 Å². The number of aliphatic hydroxyl groups excluding tert-OH is 1. The van der Waals surface area contributed by atoms with Gasteiger partial charge in [0.15, 0.2) is 0 Å². The molecule has 1 aromatic heterocycles. The Morgan fingerprint density at radius 2 is 1.44 bits per heavy atom. The Labute approximate surface area is 201 Å². The van der Waals surface area contributed by atoms with E-state index in [1.54, 1.807) is 33.4 Å². The van der Waals surface area contributed by atoms with E-state index in [-0.39, 0.29) is 13.2 Å². The molecular formula is C25H21F6N3O2. The average Bonchev–Trinajstić information content (AvgIpc) is 3.10. The first-order chi connectivity index (χ1) is 17.0. The number of aryl methyl sites for hydroxylation is 1. The second-order valence-electron chi connectivity index (χ2n) is 7.96. The number of hydrogen-bond donors (Lipinski definition) is 1. The maximum Gasteiger partial charge on any atom is 0.573 e. The zero-order valence-corrected chi connectivity index (χ0v) is 18.9. The molecule has 0 bridgehead atoms. The van der Waals surface area contributed by atoms with E-state index >= 15 is 0 Å². The highest BCUT2D eigenvalue weighted by atomic mass is 19.4. The highest BCUT2D eigenvalue weighted by Crippen LogP contribution is 2.32. The lowest BCUT2D eigenvalue weighted by atomic mass is 10.1. The van der Waals surface area contributed by atoms with Gasteiger partial charge in [-0.15, -0.1) is 13.2 Å². The molecule has 0 aliphatic rings. The molecule has 0 aliphatic carbocycles. The van der Waals surface area contributed by atoms with Crippen LogP contribution in [0.3, 0.4) is 0 Å². The van der Waals surface area contributed by atoms with Gasteiger partial charge in [0, 0.05) is 6.54 Å². The monoisotopic (exact) mass is 509 g/mol. The van der Waals surface area contributed by atoms with E-state index in [2.05, 4.69) is 9.73 Å². The molecule has 1 N–H and O–H groups in total. The zero-order valence-electron chi connectivity index (χ0n) is 18.9. The van der Waals surface area contributed by atoms with E-state index in [1.165, 1.54) is 18.2 Å². The highest BCUT2D eigenvalue weighted by Gasteiger charge is 2.32. The van der Waals surface area contributed by atoms with Gasteiger partial charge in [-0.25, -0.2) is 4.99 Å². The van der Waals surface area contributed by atoms with E-state index in [0.29, 0.717) is 34.4 Å². The van der Waals surface area contributed by atoms with Gasteiger partial charge in [-0.3, -0.25) is 0 Å². The Morgan fingerprint density at radius 3 is 2.00 bits per heavy atom. The molecule has 36 heavy (non-hydrogen) atoms. The Hall–Kier alpha value is -3.73. The summed E-state index contributed by atoms with van der Waals surface area (Å²) in [5.41, 5.74) is 2.07. The molecule has 4 aromatic rings. The maximum atomic E-state index is 13.5. The van der Waals surface area contributed by atoms with Gasteiger partial charge in [0.05, 0.1) is 35.4 Å². The SMILES string of the molecule is CCn1c(=Nc2ccc(OC(F)(F)F)cc2)n(Cc2ccc(CO)cc2)c2cc(C(F)(F)F)ccc21. The summed E-state index contributed by atoms with van der Waals surface area (Å²) < 4.78 is 85.2. The van der Waals surface area contributed by atoms with E-state index in [0.717, 1.165) is 29.8 Å². The number of rotatable bonds is 6. The van der Waals surface area contributed by atoms with Crippen LogP contribution in [0.15, 0.2) is 71.7 Å². The number of nitrogens with zero attached hydrogens (tertiary/aromatic N) is 3. The maximum absolute atomic E-state index is 13.5. The van der Waals surface area contributed by atoms with Gasteiger partial charge in [0.1, 0.15) is 5.75 Å². The van der Waals surface area contributed by atoms with Gasteiger partial charge in [-0.2, -0.15) is 13.2 Å². The van der Waals surface area contributed by atoms with Gasteiger partial charge in [0.2, 0.25) is 5.62 Å². The molecule has 3 aromatic carbocycles. The quantitative estimate of drug-likeness (QED) is 0.317. The molecule has 1 heterocycles. The van der Waals surface area contributed by atoms with Crippen molar-refractivity contribution in [2.45, 2.75) is 39.2 Å². The van der Waals surface area contributed by atoms with Crippen molar-refractivity contribution < 1.29 is 36.2 Å². The Bertz CT molecular complexity index is 1420. The summed E-state index contributed by atoms with van der Waals surface area (Å²) in [6, 6.07) is 15.3. The number of ether oxygens (including phenoxy) is 1. The summed E-state index contributed by atoms with van der Waals surface area (Å²) in [5, 5.41) is 9.29. The van der Waals surface area contributed by atoms with Crippen molar-refractivity contribution in [3.63, 3.8) is 0 Å². The Kier molecular flexibility index (Phi) is 6.85. The van der Waals surface area contributed by atoms with Crippen LogP contribution in [-0.4, -0.2) is 20.6 Å². The van der Waals surface area contributed by atoms with Crippen molar-refractivity contribution >= 4 is 16.7 Å². The Balaban J connectivity index is 1.90. The fourth-order valence-electron chi connectivity index (χ4n) is 3.86. The van der Waals surface area contributed by atoms with Crippen LogP contribution in [-0.2, 0) is 25.9 Å². The first-order valence-electron chi connectivity index (χ1n) is 10.9. The number of halogens is 6. The Morgan fingerprint density at radius 1 is 0.806 bits per heavy atom. The molecular weight excluding hydrogens is 488 g/mol. The highest BCUT2D eigenvalue weighted by molar-refractivity contribution is 5.77. The molecule has 0 unspecified atom stereocenters. The smallest absolute Gasteiger partial charge is 0.406 e. The third kappa shape index (κ3) is 5.56. The van der Waals surface area contributed by atoms with Crippen LogP contribution in [0, 0.1) is 0 Å². The van der Waals surface area contributed by atoms with Crippen LogP contribution in [0.4, 0.5) is 32.0 Å².